The van der Waals surface area contributed by atoms with Gasteiger partial charge in [-0.3, -0.25) is 0 Å². The Balaban J connectivity index is 1.19. The Morgan fingerprint density at radius 1 is 0.348 bits per heavy atom. The highest BCUT2D eigenvalue weighted by atomic mass is 16.3. The van der Waals surface area contributed by atoms with Gasteiger partial charge in [-0.05, 0) is 52.6 Å². The van der Waals surface area contributed by atoms with Crippen LogP contribution in [-0.4, -0.2) is 15.0 Å². The standard InChI is InChI=1S/C41H23N3O2/c1-2-9-26(10-3-1)39-42-40(27-15-14-25-18-21-35-37(33(25)22-27)32-12-6-7-13-34(32)45-35)44-41(43-39)28-17-19-30-31-20-16-24-8-4-5-11-29(24)38(31)46-36(30)23-28/h1-23H. The lowest BCUT2D eigenvalue weighted by Crippen LogP contribution is -2.00. The average Bonchev–Trinajstić information content (AvgIpc) is 3.70. The number of para-hydroxylation sites is 1. The molecule has 0 aliphatic carbocycles. The number of rotatable bonds is 3. The van der Waals surface area contributed by atoms with Gasteiger partial charge in [0.1, 0.15) is 22.3 Å². The maximum Gasteiger partial charge on any atom is 0.164 e. The van der Waals surface area contributed by atoms with Gasteiger partial charge in [0, 0.05) is 43.6 Å². The minimum Gasteiger partial charge on any atom is -0.456 e. The monoisotopic (exact) mass is 589 g/mol. The van der Waals surface area contributed by atoms with Gasteiger partial charge in [0.2, 0.25) is 0 Å². The molecule has 214 valence electrons. The largest absolute Gasteiger partial charge is 0.456 e. The molecule has 3 aromatic heterocycles. The zero-order chi connectivity index (χ0) is 30.2. The van der Waals surface area contributed by atoms with E-state index in [0.717, 1.165) is 82.1 Å². The van der Waals surface area contributed by atoms with Crippen molar-refractivity contribution in [2.45, 2.75) is 0 Å². The Kier molecular flexibility index (Phi) is 5.22. The molecule has 5 heteroatoms. The Morgan fingerprint density at radius 2 is 0.978 bits per heavy atom. The van der Waals surface area contributed by atoms with E-state index in [1.165, 1.54) is 0 Å². The number of fused-ring (bicyclic) bond motifs is 10. The first-order valence-corrected chi connectivity index (χ1v) is 15.3. The fourth-order valence-corrected chi connectivity index (χ4v) is 6.68. The fourth-order valence-electron chi connectivity index (χ4n) is 6.68. The highest BCUT2D eigenvalue weighted by Gasteiger charge is 2.17. The molecular weight excluding hydrogens is 566 g/mol. The van der Waals surface area contributed by atoms with E-state index in [0.29, 0.717) is 17.5 Å². The summed E-state index contributed by atoms with van der Waals surface area (Å²) in [5, 5.41) is 8.82. The van der Waals surface area contributed by atoms with Crippen molar-refractivity contribution in [3.8, 4) is 34.2 Å². The molecule has 0 saturated heterocycles. The van der Waals surface area contributed by atoms with E-state index >= 15 is 0 Å². The van der Waals surface area contributed by atoms with E-state index < -0.39 is 0 Å². The molecule has 0 spiro atoms. The minimum absolute atomic E-state index is 0.586. The number of furan rings is 2. The molecule has 0 atom stereocenters. The summed E-state index contributed by atoms with van der Waals surface area (Å²) in [7, 11) is 0. The molecule has 3 heterocycles. The van der Waals surface area contributed by atoms with Gasteiger partial charge in [0.05, 0.1) is 0 Å². The molecule has 0 aliphatic rings. The first-order chi connectivity index (χ1) is 22.8. The summed E-state index contributed by atoms with van der Waals surface area (Å²) in [5.74, 6) is 1.80. The first kappa shape index (κ1) is 25.0. The lowest BCUT2D eigenvalue weighted by atomic mass is 10.0. The normalized spacial score (nSPS) is 11.9. The Morgan fingerprint density at radius 3 is 1.85 bits per heavy atom. The van der Waals surface area contributed by atoms with Crippen LogP contribution in [-0.2, 0) is 0 Å². The molecule has 0 aliphatic heterocycles. The van der Waals surface area contributed by atoms with Gasteiger partial charge in [-0.15, -0.1) is 0 Å². The van der Waals surface area contributed by atoms with Crippen LogP contribution in [0.1, 0.15) is 0 Å². The minimum atomic E-state index is 0.586. The van der Waals surface area contributed by atoms with Crippen LogP contribution < -0.4 is 0 Å². The van der Waals surface area contributed by atoms with Crippen LogP contribution in [0, 0.1) is 0 Å². The molecule has 0 unspecified atom stereocenters. The van der Waals surface area contributed by atoms with Gasteiger partial charge in [-0.25, -0.2) is 15.0 Å². The maximum atomic E-state index is 6.49. The van der Waals surface area contributed by atoms with Crippen molar-refractivity contribution in [2.75, 3.05) is 0 Å². The second kappa shape index (κ2) is 9.58. The molecule has 46 heavy (non-hydrogen) atoms. The van der Waals surface area contributed by atoms with E-state index in [9.17, 15) is 0 Å². The van der Waals surface area contributed by atoms with Crippen LogP contribution in [0.3, 0.4) is 0 Å². The quantitative estimate of drug-likeness (QED) is 0.205. The van der Waals surface area contributed by atoms with Crippen molar-refractivity contribution in [3.05, 3.63) is 140 Å². The van der Waals surface area contributed by atoms with Crippen LogP contribution in [0.4, 0.5) is 0 Å². The zero-order valence-corrected chi connectivity index (χ0v) is 24.4. The van der Waals surface area contributed by atoms with Crippen molar-refractivity contribution in [3.63, 3.8) is 0 Å². The Labute approximate surface area is 262 Å². The van der Waals surface area contributed by atoms with E-state index in [1.807, 2.05) is 72.8 Å². The third-order valence-corrected chi connectivity index (χ3v) is 8.91. The van der Waals surface area contributed by atoms with Crippen molar-refractivity contribution in [2.24, 2.45) is 0 Å². The van der Waals surface area contributed by atoms with Crippen LogP contribution in [0.15, 0.2) is 148 Å². The lowest BCUT2D eigenvalue weighted by Gasteiger charge is -2.09. The number of nitrogens with zero attached hydrogens (tertiary/aromatic N) is 3. The van der Waals surface area contributed by atoms with E-state index in [-0.39, 0.29) is 0 Å². The van der Waals surface area contributed by atoms with Gasteiger partial charge in [-0.2, -0.15) is 0 Å². The van der Waals surface area contributed by atoms with Crippen LogP contribution >= 0.6 is 0 Å². The SMILES string of the molecule is c1ccc(-c2nc(-c3ccc4c(c3)oc3c5ccccc5ccc43)nc(-c3ccc4ccc5oc6ccccc6c5c4c3)n2)cc1. The van der Waals surface area contributed by atoms with Gasteiger partial charge >= 0.3 is 0 Å². The summed E-state index contributed by atoms with van der Waals surface area (Å²) in [5.41, 5.74) is 6.11. The van der Waals surface area contributed by atoms with Crippen LogP contribution in [0.25, 0.3) is 99.6 Å². The highest BCUT2D eigenvalue weighted by Crippen LogP contribution is 2.38. The van der Waals surface area contributed by atoms with Crippen molar-refractivity contribution in [1.82, 2.24) is 15.0 Å². The Bertz CT molecular complexity index is 2810. The summed E-state index contributed by atoms with van der Waals surface area (Å²) in [6.07, 6.45) is 0. The summed E-state index contributed by atoms with van der Waals surface area (Å²) in [6.45, 7) is 0. The molecule has 0 N–H and O–H groups in total. The smallest absolute Gasteiger partial charge is 0.164 e. The molecule has 5 nitrogen and oxygen atoms in total. The van der Waals surface area contributed by atoms with Crippen LogP contribution in [0.5, 0.6) is 0 Å². The molecule has 10 rings (SSSR count). The zero-order valence-electron chi connectivity index (χ0n) is 24.4. The molecule has 7 aromatic carbocycles. The number of aromatic nitrogens is 3. The number of hydrogen-bond acceptors (Lipinski definition) is 5. The lowest BCUT2D eigenvalue weighted by molar-refractivity contribution is 0.669. The molecule has 0 amide bonds. The number of hydrogen-bond donors (Lipinski definition) is 0. The Hall–Kier alpha value is -6.33. The topological polar surface area (TPSA) is 65.0 Å². The fraction of sp³-hybridized carbons (Fsp3) is 0. The van der Waals surface area contributed by atoms with Crippen LogP contribution in [0.2, 0.25) is 0 Å². The summed E-state index contributed by atoms with van der Waals surface area (Å²) in [6, 6.07) is 47.5. The molecule has 0 bridgehead atoms. The predicted octanol–water partition coefficient (Wildman–Crippen LogP) is 11.0. The predicted molar refractivity (Wildman–Crippen MR) is 186 cm³/mol. The van der Waals surface area contributed by atoms with E-state index in [1.54, 1.807) is 0 Å². The summed E-state index contributed by atoms with van der Waals surface area (Å²) < 4.78 is 12.7. The third kappa shape index (κ3) is 3.79. The van der Waals surface area contributed by atoms with Gasteiger partial charge in [0.15, 0.2) is 17.5 Å². The molecular formula is C41H23N3O2. The molecule has 10 aromatic rings. The maximum absolute atomic E-state index is 6.49. The van der Waals surface area contributed by atoms with Gasteiger partial charge in [-0.1, -0.05) is 103 Å². The summed E-state index contributed by atoms with van der Waals surface area (Å²) >= 11 is 0. The van der Waals surface area contributed by atoms with E-state index in [2.05, 4.69) is 66.7 Å². The van der Waals surface area contributed by atoms with Gasteiger partial charge in [0.25, 0.3) is 0 Å². The first-order valence-electron chi connectivity index (χ1n) is 15.3. The number of benzene rings is 7. The van der Waals surface area contributed by atoms with Crippen molar-refractivity contribution < 1.29 is 8.83 Å². The molecule has 0 radical (unpaired) electrons. The third-order valence-electron chi connectivity index (χ3n) is 8.91. The van der Waals surface area contributed by atoms with Gasteiger partial charge < -0.3 is 8.83 Å². The van der Waals surface area contributed by atoms with E-state index in [4.69, 9.17) is 23.8 Å². The molecule has 0 fully saturated rings. The highest BCUT2D eigenvalue weighted by molar-refractivity contribution is 6.19. The van der Waals surface area contributed by atoms with Crippen molar-refractivity contribution >= 4 is 65.4 Å². The summed E-state index contributed by atoms with van der Waals surface area (Å²) in [4.78, 5) is 15.0. The second-order valence-corrected chi connectivity index (χ2v) is 11.6. The average molecular weight is 590 g/mol. The second-order valence-electron chi connectivity index (χ2n) is 11.6. The van der Waals surface area contributed by atoms with Crippen molar-refractivity contribution in [1.29, 1.82) is 0 Å². The molecule has 0 saturated carbocycles.